The number of aromatic hydroxyl groups is 1. The fraction of sp³-hybridized carbons (Fsp3) is 0.538. The van der Waals surface area contributed by atoms with Gasteiger partial charge in [0.2, 0.25) is 17.7 Å². The van der Waals surface area contributed by atoms with E-state index >= 15 is 0 Å². The molecular formula is C26H41N7O8. The number of hydrogen-bond acceptors (Lipinski definition) is 8. The van der Waals surface area contributed by atoms with Crippen molar-refractivity contribution in [2.45, 2.75) is 76.5 Å². The Balaban J connectivity index is 3.10. The third kappa shape index (κ3) is 13.0. The van der Waals surface area contributed by atoms with Gasteiger partial charge in [0.1, 0.15) is 23.9 Å². The number of hydrogen-bond donors (Lipinski definition) is 9. The summed E-state index contributed by atoms with van der Waals surface area (Å²) in [6, 6.07) is 0.992. The van der Waals surface area contributed by atoms with Crippen molar-refractivity contribution >= 4 is 35.6 Å². The van der Waals surface area contributed by atoms with Crippen LogP contribution in [0.15, 0.2) is 29.3 Å². The minimum absolute atomic E-state index is 0.000920. The normalized spacial score (nSPS) is 14.4. The van der Waals surface area contributed by atoms with Crippen LogP contribution in [0.3, 0.4) is 0 Å². The Bertz CT molecular complexity index is 1080. The van der Waals surface area contributed by atoms with Gasteiger partial charge in [-0.15, -0.1) is 0 Å². The number of rotatable bonds is 18. The van der Waals surface area contributed by atoms with Crippen LogP contribution >= 0.6 is 0 Å². The van der Waals surface area contributed by atoms with Crippen molar-refractivity contribution in [3.05, 3.63) is 29.8 Å². The van der Waals surface area contributed by atoms with Gasteiger partial charge in [-0.3, -0.25) is 24.2 Å². The number of aliphatic imine (C=N–C) groups is 1. The summed E-state index contributed by atoms with van der Waals surface area (Å²) in [6.45, 7) is 3.64. The standard InChI is InChI=1S/C26H41N7O8/c1-3-14(2)21(33-22(37)17(27)10-11-20(35)36)24(39)31-18(5-4-12-30-26(28)29)23(38)32-19(25(40)41)13-15-6-8-16(34)9-7-15/h6-9,14,17-19,21,34H,3-5,10-13,27H2,1-2H3,(H,31,39)(H,32,38)(H,33,37)(H,35,36)(H,40,41)(H4,28,29,30). The Morgan fingerprint density at radius 2 is 1.51 bits per heavy atom. The van der Waals surface area contributed by atoms with Crippen LogP contribution in [0.2, 0.25) is 0 Å². The van der Waals surface area contributed by atoms with Crippen molar-refractivity contribution in [2.75, 3.05) is 6.54 Å². The Labute approximate surface area is 237 Å². The molecule has 0 fully saturated rings. The van der Waals surface area contributed by atoms with Gasteiger partial charge in [-0.05, 0) is 42.9 Å². The summed E-state index contributed by atoms with van der Waals surface area (Å²) in [5.41, 5.74) is 17.0. The van der Waals surface area contributed by atoms with Gasteiger partial charge in [0, 0.05) is 19.4 Å². The van der Waals surface area contributed by atoms with Gasteiger partial charge >= 0.3 is 11.9 Å². The third-order valence-corrected chi connectivity index (χ3v) is 6.37. The van der Waals surface area contributed by atoms with E-state index in [1.165, 1.54) is 24.3 Å². The second kappa shape index (κ2) is 17.3. The molecule has 1 aromatic carbocycles. The first kappa shape index (κ1) is 34.6. The van der Waals surface area contributed by atoms with E-state index in [2.05, 4.69) is 20.9 Å². The summed E-state index contributed by atoms with van der Waals surface area (Å²) in [5, 5.41) is 35.6. The molecule has 5 atom stereocenters. The highest BCUT2D eigenvalue weighted by molar-refractivity contribution is 5.94. The fourth-order valence-corrected chi connectivity index (χ4v) is 3.75. The number of amides is 3. The van der Waals surface area contributed by atoms with Crippen LogP contribution in [-0.2, 0) is 30.4 Å². The first-order valence-electron chi connectivity index (χ1n) is 13.2. The summed E-state index contributed by atoms with van der Waals surface area (Å²) >= 11 is 0. The van der Waals surface area contributed by atoms with Crippen molar-refractivity contribution < 1.29 is 39.3 Å². The molecule has 0 saturated heterocycles. The predicted octanol–water partition coefficient (Wildman–Crippen LogP) is -1.23. The number of carbonyl (C=O) groups is 5. The molecule has 1 rings (SSSR count). The van der Waals surface area contributed by atoms with Gasteiger partial charge in [0.15, 0.2) is 5.96 Å². The SMILES string of the molecule is CCC(C)C(NC(=O)C(N)CCC(=O)O)C(=O)NC(CCCN=C(N)N)C(=O)NC(Cc1ccc(O)cc1)C(=O)O. The molecule has 5 unspecified atom stereocenters. The van der Waals surface area contributed by atoms with Gasteiger partial charge < -0.3 is 48.5 Å². The first-order valence-corrected chi connectivity index (χ1v) is 13.2. The molecule has 0 aliphatic heterocycles. The molecule has 0 aliphatic carbocycles. The van der Waals surface area contributed by atoms with E-state index in [1.807, 2.05) is 0 Å². The highest BCUT2D eigenvalue weighted by atomic mass is 16.4. The number of phenolic OH excluding ortho intramolecular Hbond substituents is 1. The molecule has 0 heterocycles. The third-order valence-electron chi connectivity index (χ3n) is 6.37. The average Bonchev–Trinajstić information content (AvgIpc) is 2.91. The van der Waals surface area contributed by atoms with E-state index in [9.17, 15) is 34.2 Å². The largest absolute Gasteiger partial charge is 0.508 e. The molecule has 0 aromatic heterocycles. The lowest BCUT2D eigenvalue weighted by atomic mass is 9.96. The number of nitrogens with zero attached hydrogens (tertiary/aromatic N) is 1. The molecule has 12 N–H and O–H groups in total. The Kier molecular flexibility index (Phi) is 14.6. The van der Waals surface area contributed by atoms with Gasteiger partial charge in [0.05, 0.1) is 6.04 Å². The van der Waals surface area contributed by atoms with E-state index < -0.39 is 59.7 Å². The minimum Gasteiger partial charge on any atom is -0.508 e. The van der Waals surface area contributed by atoms with Crippen LogP contribution in [0.25, 0.3) is 0 Å². The van der Waals surface area contributed by atoms with E-state index in [0.717, 1.165) is 0 Å². The molecule has 0 bridgehead atoms. The highest BCUT2D eigenvalue weighted by Crippen LogP contribution is 2.13. The number of aliphatic carboxylic acids is 2. The number of nitrogens with two attached hydrogens (primary N) is 3. The quantitative estimate of drug-likeness (QED) is 0.0564. The molecule has 0 radical (unpaired) electrons. The van der Waals surface area contributed by atoms with E-state index in [1.54, 1.807) is 13.8 Å². The summed E-state index contributed by atoms with van der Waals surface area (Å²) < 4.78 is 0. The van der Waals surface area contributed by atoms with Crippen molar-refractivity contribution in [3.8, 4) is 5.75 Å². The highest BCUT2D eigenvalue weighted by Gasteiger charge is 2.32. The van der Waals surface area contributed by atoms with Crippen LogP contribution in [0.4, 0.5) is 0 Å². The van der Waals surface area contributed by atoms with Crippen LogP contribution in [0.1, 0.15) is 51.5 Å². The van der Waals surface area contributed by atoms with Gasteiger partial charge in [0.25, 0.3) is 0 Å². The van der Waals surface area contributed by atoms with E-state index in [4.69, 9.17) is 22.3 Å². The zero-order valence-electron chi connectivity index (χ0n) is 23.2. The fourth-order valence-electron chi connectivity index (χ4n) is 3.75. The van der Waals surface area contributed by atoms with E-state index in [0.29, 0.717) is 12.0 Å². The van der Waals surface area contributed by atoms with Crippen LogP contribution < -0.4 is 33.2 Å². The van der Waals surface area contributed by atoms with Gasteiger partial charge in [-0.2, -0.15) is 0 Å². The van der Waals surface area contributed by atoms with Crippen molar-refractivity contribution in [3.63, 3.8) is 0 Å². The summed E-state index contributed by atoms with van der Waals surface area (Å²) in [6.07, 6.45) is 0.213. The molecule has 0 aliphatic rings. The van der Waals surface area contributed by atoms with Gasteiger partial charge in [-0.1, -0.05) is 32.4 Å². The molecule has 228 valence electrons. The minimum atomic E-state index is -1.35. The van der Waals surface area contributed by atoms with Crippen molar-refractivity contribution in [1.82, 2.24) is 16.0 Å². The monoisotopic (exact) mass is 579 g/mol. The molecule has 41 heavy (non-hydrogen) atoms. The lowest BCUT2D eigenvalue weighted by molar-refractivity contribution is -0.142. The molecule has 15 heteroatoms. The molecule has 1 aromatic rings. The lowest BCUT2D eigenvalue weighted by Gasteiger charge is -2.28. The average molecular weight is 580 g/mol. The van der Waals surface area contributed by atoms with Crippen LogP contribution in [0.5, 0.6) is 5.75 Å². The Morgan fingerprint density at radius 1 is 0.902 bits per heavy atom. The summed E-state index contributed by atoms with van der Waals surface area (Å²) in [5.74, 6) is -5.18. The zero-order valence-corrected chi connectivity index (χ0v) is 23.2. The van der Waals surface area contributed by atoms with E-state index in [-0.39, 0.29) is 50.4 Å². The van der Waals surface area contributed by atoms with Crippen molar-refractivity contribution in [2.24, 2.45) is 28.1 Å². The number of guanidine groups is 1. The second-order valence-electron chi connectivity index (χ2n) is 9.69. The number of nitrogens with one attached hydrogen (secondary N) is 3. The topological polar surface area (TPSA) is 273 Å². The predicted molar refractivity (Wildman–Crippen MR) is 149 cm³/mol. The Hall–Kier alpha value is -4.40. The maximum atomic E-state index is 13.3. The Morgan fingerprint density at radius 3 is 2.05 bits per heavy atom. The molecule has 0 spiro atoms. The number of phenols is 1. The maximum absolute atomic E-state index is 13.3. The molecule has 15 nitrogen and oxygen atoms in total. The summed E-state index contributed by atoms with van der Waals surface area (Å²) in [7, 11) is 0. The molecule has 3 amide bonds. The van der Waals surface area contributed by atoms with Crippen molar-refractivity contribution in [1.29, 1.82) is 0 Å². The number of carboxylic acid groups (broad SMARTS) is 2. The molecular weight excluding hydrogens is 538 g/mol. The first-order chi connectivity index (χ1) is 19.2. The summed E-state index contributed by atoms with van der Waals surface area (Å²) in [4.78, 5) is 65.7. The lowest BCUT2D eigenvalue weighted by Crippen LogP contribution is -2.58. The van der Waals surface area contributed by atoms with Gasteiger partial charge in [-0.25, -0.2) is 4.79 Å². The zero-order chi connectivity index (χ0) is 31.1. The van der Waals surface area contributed by atoms with Crippen LogP contribution in [0, 0.1) is 5.92 Å². The number of benzene rings is 1. The smallest absolute Gasteiger partial charge is 0.326 e. The second-order valence-corrected chi connectivity index (χ2v) is 9.69. The maximum Gasteiger partial charge on any atom is 0.326 e. The van der Waals surface area contributed by atoms with Crippen LogP contribution in [-0.4, -0.2) is 81.7 Å². The number of carbonyl (C=O) groups excluding carboxylic acids is 3. The number of carboxylic acids is 2. The molecule has 0 saturated carbocycles.